The van der Waals surface area contributed by atoms with E-state index in [1.54, 1.807) is 11.8 Å². The van der Waals surface area contributed by atoms with Gasteiger partial charge in [0, 0.05) is 5.25 Å². The molecule has 10 heavy (non-hydrogen) atoms. The van der Waals surface area contributed by atoms with Crippen molar-refractivity contribution < 1.29 is 0 Å². The van der Waals surface area contributed by atoms with E-state index in [4.69, 9.17) is 5.73 Å². The molecule has 0 saturated heterocycles. The molecule has 2 nitrogen and oxygen atoms in total. The summed E-state index contributed by atoms with van der Waals surface area (Å²) in [6.07, 6.45) is 2.41. The summed E-state index contributed by atoms with van der Waals surface area (Å²) in [5.74, 6) is 0. The summed E-state index contributed by atoms with van der Waals surface area (Å²) < 4.78 is 0. The van der Waals surface area contributed by atoms with E-state index < -0.39 is 0 Å². The first-order valence-corrected chi connectivity index (χ1v) is 4.56. The van der Waals surface area contributed by atoms with Gasteiger partial charge >= 0.3 is 0 Å². The van der Waals surface area contributed by atoms with Crippen LogP contribution in [-0.4, -0.2) is 16.5 Å². The fourth-order valence-electron chi connectivity index (χ4n) is 1.05. The molecule has 0 aliphatic carbocycles. The van der Waals surface area contributed by atoms with E-state index in [9.17, 15) is 0 Å². The molecule has 3 heteroatoms. The Labute approximate surface area is 66.3 Å². The van der Waals surface area contributed by atoms with E-state index >= 15 is 0 Å². The molecule has 0 spiro atoms. The van der Waals surface area contributed by atoms with Crippen LogP contribution in [0.2, 0.25) is 0 Å². The van der Waals surface area contributed by atoms with Gasteiger partial charge in [-0.2, -0.15) is 0 Å². The molecular weight excluding hydrogens is 144 g/mol. The highest BCUT2D eigenvalue weighted by atomic mass is 32.2. The molecular formula is C7H14N2S. The van der Waals surface area contributed by atoms with Crippen molar-refractivity contribution in [3.05, 3.63) is 0 Å². The van der Waals surface area contributed by atoms with E-state index in [0.29, 0.717) is 11.3 Å². The topological polar surface area (TPSA) is 38.4 Å². The Morgan fingerprint density at radius 1 is 1.50 bits per heavy atom. The Morgan fingerprint density at radius 3 is 2.90 bits per heavy atom. The van der Waals surface area contributed by atoms with Crippen LogP contribution in [0.5, 0.6) is 0 Å². The molecule has 1 rings (SSSR count). The summed E-state index contributed by atoms with van der Waals surface area (Å²) in [6.45, 7) is 4.32. The number of thioether (sulfide) groups is 1. The molecule has 0 fully saturated rings. The van der Waals surface area contributed by atoms with Gasteiger partial charge in [-0.15, -0.1) is 0 Å². The normalized spacial score (nSPS) is 34.8. The van der Waals surface area contributed by atoms with Gasteiger partial charge < -0.3 is 5.73 Å². The van der Waals surface area contributed by atoms with Gasteiger partial charge in [-0.1, -0.05) is 18.7 Å². The monoisotopic (exact) mass is 158 g/mol. The summed E-state index contributed by atoms with van der Waals surface area (Å²) in [7, 11) is 0. The number of nitrogens with zero attached hydrogens (tertiary/aromatic N) is 1. The molecule has 1 aliphatic rings. The molecule has 0 unspecified atom stereocenters. The Kier molecular flexibility index (Phi) is 2.60. The van der Waals surface area contributed by atoms with Gasteiger partial charge in [0.25, 0.3) is 0 Å². The van der Waals surface area contributed by atoms with Crippen LogP contribution < -0.4 is 5.73 Å². The zero-order chi connectivity index (χ0) is 7.56. The summed E-state index contributed by atoms with van der Waals surface area (Å²) in [5, 5.41) is 1.41. The second-order valence-electron chi connectivity index (χ2n) is 2.82. The number of amidine groups is 1. The number of nitrogens with two attached hydrogens (primary N) is 1. The minimum atomic E-state index is 0.428. The van der Waals surface area contributed by atoms with Gasteiger partial charge in [0.05, 0.1) is 6.04 Å². The third-order valence-corrected chi connectivity index (χ3v) is 2.65. The fourth-order valence-corrected chi connectivity index (χ4v) is 1.96. The highest BCUT2D eigenvalue weighted by Gasteiger charge is 2.12. The lowest BCUT2D eigenvalue weighted by Crippen LogP contribution is -2.10. The fraction of sp³-hybridized carbons (Fsp3) is 0.857. The Bertz CT molecular complexity index is 145. The maximum atomic E-state index is 5.63. The molecule has 2 atom stereocenters. The molecule has 1 heterocycles. The van der Waals surface area contributed by atoms with Crippen LogP contribution in [0.4, 0.5) is 0 Å². The van der Waals surface area contributed by atoms with Crippen molar-refractivity contribution in [1.29, 1.82) is 0 Å². The first-order valence-electron chi connectivity index (χ1n) is 3.68. The molecule has 0 bridgehead atoms. The molecule has 1 aliphatic heterocycles. The predicted octanol–water partition coefficient (Wildman–Crippen LogP) is 1.61. The van der Waals surface area contributed by atoms with Crippen LogP contribution in [-0.2, 0) is 0 Å². The van der Waals surface area contributed by atoms with Crippen LogP contribution in [0.1, 0.15) is 26.7 Å². The molecule has 0 aromatic carbocycles. The van der Waals surface area contributed by atoms with Gasteiger partial charge in [-0.25, -0.2) is 0 Å². The lowest BCUT2D eigenvalue weighted by atomic mass is 10.1. The van der Waals surface area contributed by atoms with Gasteiger partial charge in [0.1, 0.15) is 0 Å². The first-order chi connectivity index (χ1) is 4.68. The summed E-state index contributed by atoms with van der Waals surface area (Å²) in [5.41, 5.74) is 5.63. The molecule has 0 radical (unpaired) electrons. The van der Waals surface area contributed by atoms with E-state index in [1.807, 2.05) is 0 Å². The van der Waals surface area contributed by atoms with Crippen molar-refractivity contribution in [1.82, 2.24) is 0 Å². The lowest BCUT2D eigenvalue weighted by Gasteiger charge is -2.04. The van der Waals surface area contributed by atoms with E-state index in [-0.39, 0.29) is 0 Å². The Morgan fingerprint density at radius 2 is 2.20 bits per heavy atom. The maximum absolute atomic E-state index is 5.63. The zero-order valence-electron chi connectivity index (χ0n) is 6.50. The second-order valence-corrected chi connectivity index (χ2v) is 4.28. The zero-order valence-corrected chi connectivity index (χ0v) is 7.32. The van der Waals surface area contributed by atoms with E-state index in [2.05, 4.69) is 18.8 Å². The Hall–Kier alpha value is -0.180. The third kappa shape index (κ3) is 2.21. The van der Waals surface area contributed by atoms with Gasteiger partial charge in [0.2, 0.25) is 0 Å². The summed E-state index contributed by atoms with van der Waals surface area (Å²) in [4.78, 5) is 4.28. The maximum Gasteiger partial charge on any atom is 0.154 e. The Balaban J connectivity index is 2.55. The molecule has 0 aromatic rings. The quantitative estimate of drug-likeness (QED) is 0.581. The second kappa shape index (κ2) is 3.28. The van der Waals surface area contributed by atoms with Gasteiger partial charge in [0.15, 0.2) is 5.17 Å². The average molecular weight is 158 g/mol. The van der Waals surface area contributed by atoms with Crippen molar-refractivity contribution in [3.63, 3.8) is 0 Å². The molecule has 0 amide bonds. The predicted molar refractivity (Wildman–Crippen MR) is 47.4 cm³/mol. The van der Waals surface area contributed by atoms with Crippen molar-refractivity contribution in [3.8, 4) is 0 Å². The molecule has 58 valence electrons. The SMILES string of the molecule is C[C@@H]1CC[C@H](C)N=C(N)S1. The lowest BCUT2D eigenvalue weighted by molar-refractivity contribution is 0.631. The van der Waals surface area contributed by atoms with Crippen molar-refractivity contribution in [2.45, 2.75) is 38.0 Å². The van der Waals surface area contributed by atoms with Gasteiger partial charge in [-0.05, 0) is 19.8 Å². The van der Waals surface area contributed by atoms with Crippen molar-refractivity contribution in [2.75, 3.05) is 0 Å². The van der Waals surface area contributed by atoms with Crippen molar-refractivity contribution >= 4 is 16.9 Å². The highest BCUT2D eigenvalue weighted by Crippen LogP contribution is 2.21. The molecule has 0 aromatic heterocycles. The minimum Gasteiger partial charge on any atom is -0.379 e. The number of aliphatic imine (C=N–C) groups is 1. The molecule has 0 saturated carbocycles. The first kappa shape index (κ1) is 7.92. The van der Waals surface area contributed by atoms with E-state index in [1.165, 1.54) is 12.8 Å². The van der Waals surface area contributed by atoms with Crippen LogP contribution in [0.3, 0.4) is 0 Å². The number of hydrogen-bond acceptors (Lipinski definition) is 3. The minimum absolute atomic E-state index is 0.428. The number of rotatable bonds is 0. The largest absolute Gasteiger partial charge is 0.379 e. The van der Waals surface area contributed by atoms with Gasteiger partial charge in [-0.3, -0.25) is 4.99 Å². The van der Waals surface area contributed by atoms with Crippen LogP contribution in [0.25, 0.3) is 0 Å². The standard InChI is InChI=1S/C7H14N2S/c1-5-3-4-6(2)10-7(8)9-5/h5-6H,3-4H2,1-2H3,(H2,8,9)/t5-,6+/m0/s1. The van der Waals surface area contributed by atoms with Crippen molar-refractivity contribution in [2.24, 2.45) is 10.7 Å². The summed E-state index contributed by atoms with van der Waals surface area (Å²) >= 11 is 1.69. The highest BCUT2D eigenvalue weighted by molar-refractivity contribution is 8.14. The summed E-state index contributed by atoms with van der Waals surface area (Å²) in [6, 6.07) is 0.428. The smallest absolute Gasteiger partial charge is 0.154 e. The van der Waals surface area contributed by atoms with Crippen LogP contribution in [0, 0.1) is 0 Å². The average Bonchev–Trinajstić information content (AvgIpc) is 1.93. The molecule has 2 N–H and O–H groups in total. The number of hydrogen-bond donors (Lipinski definition) is 1. The third-order valence-electron chi connectivity index (χ3n) is 1.66. The van der Waals surface area contributed by atoms with Crippen LogP contribution >= 0.6 is 11.8 Å². The van der Waals surface area contributed by atoms with E-state index in [0.717, 1.165) is 5.17 Å². The van der Waals surface area contributed by atoms with Crippen LogP contribution in [0.15, 0.2) is 4.99 Å².